The van der Waals surface area contributed by atoms with E-state index >= 15 is 0 Å². The van der Waals surface area contributed by atoms with Crippen LogP contribution in [0.15, 0.2) is 36.5 Å². The molecule has 246 valence electrons. The van der Waals surface area contributed by atoms with Crippen molar-refractivity contribution in [2.75, 3.05) is 13.2 Å². The van der Waals surface area contributed by atoms with Gasteiger partial charge in [0.25, 0.3) is 0 Å². The van der Waals surface area contributed by atoms with Gasteiger partial charge in [0, 0.05) is 12.8 Å². The smallest absolute Gasteiger partial charge is 0.328 e. The van der Waals surface area contributed by atoms with E-state index in [0.29, 0.717) is 12.8 Å². The molecule has 9 heteroatoms. The zero-order valence-corrected chi connectivity index (χ0v) is 26.7. The predicted octanol–water partition coefficient (Wildman–Crippen LogP) is 6.31. The maximum Gasteiger partial charge on any atom is 0.328 e. The standard InChI is InChI=1S/C34H58N2O7/c1-3-5-7-9-11-13-15-19-23-29(43-33(40)26-22-16-14-12-10-8-6-4-2)24-20-17-18-21-25-31(38)35-27-32(39)36-30(28-37)34(41)42/h5,7,11,13,19,23,29-30,37H,3-4,6,8-10,12,14-18,20-22,24-28H2,1-2H3,(H,35,38)(H,36,39)(H,41,42)/b7-5-,13-11-,23-19-. The van der Waals surface area contributed by atoms with Gasteiger partial charge in [-0.25, -0.2) is 4.79 Å². The summed E-state index contributed by atoms with van der Waals surface area (Å²) in [6.07, 6.45) is 29.1. The van der Waals surface area contributed by atoms with Crippen molar-refractivity contribution in [3.8, 4) is 0 Å². The monoisotopic (exact) mass is 606 g/mol. The van der Waals surface area contributed by atoms with Crippen molar-refractivity contribution in [2.24, 2.45) is 0 Å². The van der Waals surface area contributed by atoms with Crippen LogP contribution in [0.5, 0.6) is 0 Å². The maximum atomic E-state index is 12.5. The summed E-state index contributed by atoms with van der Waals surface area (Å²) < 4.78 is 5.80. The Morgan fingerprint density at radius 1 is 0.721 bits per heavy atom. The van der Waals surface area contributed by atoms with Gasteiger partial charge in [0.2, 0.25) is 11.8 Å². The summed E-state index contributed by atoms with van der Waals surface area (Å²) in [4.78, 5) is 47.1. The first-order valence-corrected chi connectivity index (χ1v) is 16.4. The van der Waals surface area contributed by atoms with Crippen LogP contribution in [0.4, 0.5) is 0 Å². The Kier molecular flexibility index (Phi) is 27.2. The van der Waals surface area contributed by atoms with Crippen LogP contribution in [0.3, 0.4) is 0 Å². The quantitative estimate of drug-likeness (QED) is 0.0465. The topological polar surface area (TPSA) is 142 Å². The summed E-state index contributed by atoms with van der Waals surface area (Å²) in [6, 6.07) is -1.39. The van der Waals surface area contributed by atoms with E-state index < -0.39 is 24.5 Å². The van der Waals surface area contributed by atoms with Gasteiger partial charge in [-0.15, -0.1) is 0 Å². The number of carbonyl (C=O) groups excluding carboxylic acids is 3. The van der Waals surface area contributed by atoms with E-state index in [9.17, 15) is 19.2 Å². The minimum absolute atomic E-state index is 0.143. The molecular weight excluding hydrogens is 548 g/mol. The van der Waals surface area contributed by atoms with Crippen LogP contribution in [-0.4, -0.2) is 59.3 Å². The Bertz CT molecular complexity index is 839. The number of aliphatic hydroxyl groups is 1. The molecular formula is C34H58N2O7. The van der Waals surface area contributed by atoms with E-state index in [1.54, 1.807) is 0 Å². The average Bonchev–Trinajstić information content (AvgIpc) is 2.98. The third kappa shape index (κ3) is 26.4. The lowest BCUT2D eigenvalue weighted by molar-refractivity contribution is -0.147. The van der Waals surface area contributed by atoms with E-state index in [1.165, 1.54) is 38.5 Å². The Hall–Kier alpha value is -2.94. The van der Waals surface area contributed by atoms with E-state index in [-0.39, 0.29) is 30.9 Å². The molecule has 0 radical (unpaired) electrons. The average molecular weight is 607 g/mol. The number of hydrogen-bond donors (Lipinski definition) is 4. The second kappa shape index (κ2) is 29.1. The third-order valence-corrected chi connectivity index (χ3v) is 6.89. The number of aliphatic hydroxyl groups excluding tert-OH is 1. The number of ether oxygens (including phenoxy) is 1. The van der Waals surface area contributed by atoms with Gasteiger partial charge in [-0.2, -0.15) is 0 Å². The highest BCUT2D eigenvalue weighted by Crippen LogP contribution is 2.14. The van der Waals surface area contributed by atoms with Gasteiger partial charge in [0.05, 0.1) is 13.2 Å². The molecule has 9 nitrogen and oxygen atoms in total. The molecule has 2 atom stereocenters. The van der Waals surface area contributed by atoms with Crippen molar-refractivity contribution < 1.29 is 34.1 Å². The molecule has 0 spiro atoms. The number of amides is 2. The lowest BCUT2D eigenvalue weighted by Gasteiger charge is -2.15. The summed E-state index contributed by atoms with van der Waals surface area (Å²) in [6.45, 7) is 3.26. The van der Waals surface area contributed by atoms with Crippen LogP contribution in [-0.2, 0) is 23.9 Å². The Balaban J connectivity index is 4.41. The van der Waals surface area contributed by atoms with Gasteiger partial charge in [-0.05, 0) is 51.0 Å². The number of allylic oxidation sites excluding steroid dienone is 5. The molecule has 2 unspecified atom stereocenters. The zero-order chi connectivity index (χ0) is 32.0. The molecule has 0 aliphatic rings. The number of carbonyl (C=O) groups is 4. The summed E-state index contributed by atoms with van der Waals surface area (Å²) in [5.74, 6) is -2.45. The van der Waals surface area contributed by atoms with E-state index in [2.05, 4.69) is 48.8 Å². The molecule has 0 bridgehead atoms. The first kappa shape index (κ1) is 40.1. The lowest BCUT2D eigenvalue weighted by atomic mass is 10.1. The predicted molar refractivity (Wildman–Crippen MR) is 171 cm³/mol. The van der Waals surface area contributed by atoms with E-state index in [1.807, 2.05) is 12.2 Å². The van der Waals surface area contributed by atoms with Gasteiger partial charge in [0.15, 0.2) is 0 Å². The molecule has 2 amide bonds. The van der Waals surface area contributed by atoms with Crippen molar-refractivity contribution in [1.82, 2.24) is 10.6 Å². The van der Waals surface area contributed by atoms with Crippen molar-refractivity contribution in [3.63, 3.8) is 0 Å². The molecule has 43 heavy (non-hydrogen) atoms. The minimum Gasteiger partial charge on any atom is -0.480 e. The van der Waals surface area contributed by atoms with Crippen LogP contribution in [0.1, 0.15) is 129 Å². The first-order valence-electron chi connectivity index (χ1n) is 16.4. The Labute approximate surface area is 259 Å². The Morgan fingerprint density at radius 3 is 1.93 bits per heavy atom. The van der Waals surface area contributed by atoms with Gasteiger partial charge < -0.3 is 25.6 Å². The number of unbranched alkanes of at least 4 members (excludes halogenated alkanes) is 10. The summed E-state index contributed by atoms with van der Waals surface area (Å²) in [5.41, 5.74) is 0. The fourth-order valence-corrected chi connectivity index (χ4v) is 4.35. The van der Waals surface area contributed by atoms with E-state index in [0.717, 1.165) is 57.8 Å². The molecule has 0 rings (SSSR count). The zero-order valence-electron chi connectivity index (χ0n) is 26.7. The highest BCUT2D eigenvalue weighted by Gasteiger charge is 2.18. The molecule has 0 saturated carbocycles. The Morgan fingerprint density at radius 2 is 1.30 bits per heavy atom. The minimum atomic E-state index is -1.39. The van der Waals surface area contributed by atoms with Gasteiger partial charge >= 0.3 is 11.9 Å². The molecule has 0 aliphatic carbocycles. The van der Waals surface area contributed by atoms with Crippen molar-refractivity contribution in [1.29, 1.82) is 0 Å². The normalized spacial score (nSPS) is 13.0. The fraction of sp³-hybridized carbons (Fsp3) is 0.706. The SMILES string of the molecule is CC/C=C\C/C=C\C/C=C\C(CCCCCCC(=O)NCC(=O)NC(CO)C(=O)O)OC(=O)CCCCCCCCCC. The van der Waals surface area contributed by atoms with Crippen molar-refractivity contribution in [3.05, 3.63) is 36.5 Å². The van der Waals surface area contributed by atoms with Crippen LogP contribution < -0.4 is 10.6 Å². The molecule has 0 aromatic rings. The van der Waals surface area contributed by atoms with Gasteiger partial charge in [-0.3, -0.25) is 14.4 Å². The van der Waals surface area contributed by atoms with Crippen LogP contribution in [0, 0.1) is 0 Å². The molecule has 0 aromatic carbocycles. The van der Waals surface area contributed by atoms with Gasteiger partial charge in [-0.1, -0.05) is 102 Å². The number of aliphatic carboxylic acids is 1. The van der Waals surface area contributed by atoms with Crippen LogP contribution >= 0.6 is 0 Å². The molecule has 0 fully saturated rings. The molecule has 0 heterocycles. The number of esters is 1. The molecule has 0 aromatic heterocycles. The number of hydrogen-bond acceptors (Lipinski definition) is 6. The van der Waals surface area contributed by atoms with Crippen LogP contribution in [0.2, 0.25) is 0 Å². The highest BCUT2D eigenvalue weighted by atomic mass is 16.5. The molecule has 0 aliphatic heterocycles. The third-order valence-electron chi connectivity index (χ3n) is 6.89. The highest BCUT2D eigenvalue weighted by molar-refractivity contribution is 5.87. The number of nitrogens with one attached hydrogen (secondary N) is 2. The first-order chi connectivity index (χ1) is 20.8. The number of carboxylic acids is 1. The van der Waals surface area contributed by atoms with Crippen molar-refractivity contribution >= 4 is 23.8 Å². The van der Waals surface area contributed by atoms with Crippen molar-refractivity contribution in [2.45, 2.75) is 142 Å². The lowest BCUT2D eigenvalue weighted by Crippen LogP contribution is -2.47. The molecule has 4 N–H and O–H groups in total. The summed E-state index contributed by atoms with van der Waals surface area (Å²) in [5, 5.41) is 22.4. The maximum absolute atomic E-state index is 12.5. The largest absolute Gasteiger partial charge is 0.480 e. The summed E-state index contributed by atoms with van der Waals surface area (Å²) in [7, 11) is 0. The van der Waals surface area contributed by atoms with Crippen LogP contribution in [0.25, 0.3) is 0 Å². The number of carboxylic acid groups (broad SMARTS) is 1. The second-order valence-electron chi connectivity index (χ2n) is 10.9. The second-order valence-corrected chi connectivity index (χ2v) is 10.9. The number of rotatable bonds is 28. The fourth-order valence-electron chi connectivity index (χ4n) is 4.35. The summed E-state index contributed by atoms with van der Waals surface area (Å²) >= 11 is 0. The van der Waals surface area contributed by atoms with E-state index in [4.69, 9.17) is 14.9 Å². The molecule has 0 saturated heterocycles. The van der Waals surface area contributed by atoms with Gasteiger partial charge in [0.1, 0.15) is 12.1 Å².